The van der Waals surface area contributed by atoms with Gasteiger partial charge in [-0.25, -0.2) is 14.6 Å². The predicted octanol–water partition coefficient (Wildman–Crippen LogP) is 5.26. The monoisotopic (exact) mass is 546 g/mol. The Kier molecular flexibility index (Phi) is 10.4. The summed E-state index contributed by atoms with van der Waals surface area (Å²) in [6.45, 7) is 7.06. The minimum Gasteiger partial charge on any atom is -0.475 e. The van der Waals surface area contributed by atoms with Crippen molar-refractivity contribution in [2.75, 3.05) is 19.6 Å². The van der Waals surface area contributed by atoms with Gasteiger partial charge in [0, 0.05) is 24.9 Å². The molecule has 0 amide bonds. The average molecular weight is 546 g/mol. The number of aliphatic carboxylic acids is 2. The second-order valence-electron chi connectivity index (χ2n) is 8.06. The van der Waals surface area contributed by atoms with Crippen molar-refractivity contribution in [2.45, 2.75) is 31.1 Å². The molecule has 1 aliphatic heterocycles. The number of benzene rings is 1. The van der Waals surface area contributed by atoms with Crippen molar-refractivity contribution in [3.8, 4) is 11.1 Å². The van der Waals surface area contributed by atoms with Crippen LogP contribution in [0.25, 0.3) is 22.2 Å². The lowest BCUT2D eigenvalue weighted by Gasteiger charge is -2.30. The number of hydrogen-bond donors (Lipinski definition) is 3. The number of fused-ring (bicyclic) bond motifs is 1. The summed E-state index contributed by atoms with van der Waals surface area (Å²) in [5.41, 5.74) is 4.55. The number of H-pyrrole nitrogens is 1. The number of aromatic amines is 1. The lowest BCUT2D eigenvalue weighted by atomic mass is 9.96. The van der Waals surface area contributed by atoms with Crippen LogP contribution < -0.4 is 0 Å². The number of rotatable bonds is 4. The van der Waals surface area contributed by atoms with Crippen LogP contribution in [-0.4, -0.2) is 74.0 Å². The van der Waals surface area contributed by atoms with Gasteiger partial charge in [-0.2, -0.15) is 26.3 Å². The van der Waals surface area contributed by atoms with Gasteiger partial charge in [-0.15, -0.1) is 6.58 Å². The summed E-state index contributed by atoms with van der Waals surface area (Å²) in [6, 6.07) is 10.5. The SMILES string of the molecule is C=CCN1CCC(c2nc3ccc(-c4ccncc4)cc3[nH]2)CC1.O=C(O)C(F)(F)F.O=C(O)C(F)(F)F. The van der Waals surface area contributed by atoms with Crippen molar-refractivity contribution in [1.82, 2.24) is 19.9 Å². The highest BCUT2D eigenvalue weighted by Crippen LogP contribution is 2.29. The molecule has 1 saturated heterocycles. The van der Waals surface area contributed by atoms with Crippen molar-refractivity contribution in [3.63, 3.8) is 0 Å². The number of aromatic nitrogens is 3. The molecule has 3 heterocycles. The molecule has 0 spiro atoms. The zero-order valence-corrected chi connectivity index (χ0v) is 19.8. The molecular formula is C24H24F6N4O4. The van der Waals surface area contributed by atoms with Gasteiger partial charge in [0.05, 0.1) is 11.0 Å². The van der Waals surface area contributed by atoms with Crippen molar-refractivity contribution >= 4 is 23.0 Å². The van der Waals surface area contributed by atoms with Gasteiger partial charge in [-0.3, -0.25) is 9.88 Å². The minimum absolute atomic E-state index is 0.530. The summed E-state index contributed by atoms with van der Waals surface area (Å²) in [6.07, 6.45) is -2.21. The summed E-state index contributed by atoms with van der Waals surface area (Å²) < 4.78 is 63.5. The van der Waals surface area contributed by atoms with E-state index in [0.29, 0.717) is 5.92 Å². The van der Waals surface area contributed by atoms with Crippen molar-refractivity contribution in [1.29, 1.82) is 0 Å². The highest BCUT2D eigenvalue weighted by Gasteiger charge is 2.38. The molecule has 206 valence electrons. The van der Waals surface area contributed by atoms with Gasteiger partial charge in [-0.05, 0) is 61.3 Å². The standard InChI is InChI=1S/C20H22N4.2C2HF3O2/c1-2-11-24-12-7-16(8-13-24)20-22-18-4-3-17(14-19(18)23-20)15-5-9-21-10-6-15;2*3-2(4,5)1(6)7/h2-6,9-10,14,16H,1,7-8,11-13H2,(H,22,23);2*(H,6,7). The molecule has 0 bridgehead atoms. The number of halogens is 6. The predicted molar refractivity (Wildman–Crippen MR) is 125 cm³/mol. The first-order chi connectivity index (χ1) is 17.7. The van der Waals surface area contributed by atoms with Gasteiger partial charge in [-0.1, -0.05) is 12.1 Å². The first-order valence-corrected chi connectivity index (χ1v) is 11.1. The maximum Gasteiger partial charge on any atom is 0.490 e. The second-order valence-corrected chi connectivity index (χ2v) is 8.06. The molecule has 0 saturated carbocycles. The number of hydrogen-bond acceptors (Lipinski definition) is 5. The summed E-state index contributed by atoms with van der Waals surface area (Å²) in [5, 5.41) is 14.2. The van der Waals surface area contributed by atoms with Crippen molar-refractivity contribution < 1.29 is 46.1 Å². The van der Waals surface area contributed by atoms with E-state index in [2.05, 4.69) is 39.6 Å². The normalized spacial score (nSPS) is 14.6. The Hall–Kier alpha value is -3.94. The van der Waals surface area contributed by atoms with Gasteiger partial charge < -0.3 is 15.2 Å². The van der Waals surface area contributed by atoms with Crippen LogP contribution >= 0.6 is 0 Å². The molecular weight excluding hydrogens is 522 g/mol. The van der Waals surface area contributed by atoms with E-state index in [4.69, 9.17) is 24.8 Å². The Morgan fingerprint density at radius 1 is 0.974 bits per heavy atom. The topological polar surface area (TPSA) is 119 Å². The molecule has 0 radical (unpaired) electrons. The molecule has 8 nitrogen and oxygen atoms in total. The fourth-order valence-corrected chi connectivity index (χ4v) is 3.52. The van der Waals surface area contributed by atoms with Crippen LogP contribution in [-0.2, 0) is 9.59 Å². The van der Waals surface area contributed by atoms with E-state index < -0.39 is 24.3 Å². The maximum atomic E-state index is 10.6. The van der Waals surface area contributed by atoms with Crippen LogP contribution in [0.15, 0.2) is 55.4 Å². The Morgan fingerprint density at radius 2 is 1.50 bits per heavy atom. The highest BCUT2D eigenvalue weighted by atomic mass is 19.4. The van der Waals surface area contributed by atoms with E-state index in [1.54, 1.807) is 0 Å². The number of carbonyl (C=O) groups is 2. The number of nitrogens with zero attached hydrogens (tertiary/aromatic N) is 3. The number of piperidine rings is 1. The molecule has 3 aromatic rings. The smallest absolute Gasteiger partial charge is 0.475 e. The maximum absolute atomic E-state index is 10.6. The van der Waals surface area contributed by atoms with Crippen LogP contribution in [0.2, 0.25) is 0 Å². The molecule has 4 rings (SSSR count). The molecule has 0 unspecified atom stereocenters. The number of imidazole rings is 1. The third kappa shape index (κ3) is 9.18. The van der Waals surface area contributed by atoms with E-state index in [1.807, 2.05) is 30.6 Å². The van der Waals surface area contributed by atoms with E-state index in [-0.39, 0.29) is 0 Å². The van der Waals surface area contributed by atoms with Gasteiger partial charge in [0.1, 0.15) is 5.82 Å². The van der Waals surface area contributed by atoms with Gasteiger partial charge in [0.15, 0.2) is 0 Å². The number of carboxylic acids is 2. The first-order valence-electron chi connectivity index (χ1n) is 11.1. The lowest BCUT2D eigenvalue weighted by molar-refractivity contribution is -0.193. The van der Waals surface area contributed by atoms with Crippen LogP contribution in [0.4, 0.5) is 26.3 Å². The summed E-state index contributed by atoms with van der Waals surface area (Å²) in [4.78, 5) is 32.7. The quantitative estimate of drug-likeness (QED) is 0.302. The Labute approximate surface area is 212 Å². The fraction of sp³-hybridized carbons (Fsp3) is 0.333. The van der Waals surface area contributed by atoms with Crippen LogP contribution in [0.3, 0.4) is 0 Å². The third-order valence-electron chi connectivity index (χ3n) is 5.36. The zero-order valence-electron chi connectivity index (χ0n) is 19.8. The van der Waals surface area contributed by atoms with Crippen LogP contribution in [0, 0.1) is 0 Å². The van der Waals surface area contributed by atoms with Crippen LogP contribution in [0.1, 0.15) is 24.6 Å². The number of likely N-dealkylation sites (tertiary alicyclic amines) is 1. The Bertz CT molecular complexity index is 1200. The minimum atomic E-state index is -5.08. The first kappa shape index (κ1) is 30.3. The van der Waals surface area contributed by atoms with E-state index in [9.17, 15) is 26.3 Å². The summed E-state index contributed by atoms with van der Waals surface area (Å²) in [7, 11) is 0. The highest BCUT2D eigenvalue weighted by molar-refractivity contribution is 5.82. The van der Waals surface area contributed by atoms with Gasteiger partial charge in [0.2, 0.25) is 0 Å². The van der Waals surface area contributed by atoms with E-state index in [1.165, 1.54) is 11.1 Å². The van der Waals surface area contributed by atoms with Crippen molar-refractivity contribution in [3.05, 3.63) is 61.2 Å². The molecule has 0 atom stereocenters. The van der Waals surface area contributed by atoms with Gasteiger partial charge >= 0.3 is 24.3 Å². The second kappa shape index (κ2) is 13.0. The largest absolute Gasteiger partial charge is 0.490 e. The molecule has 1 aliphatic rings. The van der Waals surface area contributed by atoms with E-state index in [0.717, 1.165) is 49.3 Å². The Balaban J connectivity index is 0.000000301. The molecule has 0 aliphatic carbocycles. The van der Waals surface area contributed by atoms with Gasteiger partial charge in [0.25, 0.3) is 0 Å². The lowest BCUT2D eigenvalue weighted by Crippen LogP contribution is -2.33. The zero-order chi connectivity index (χ0) is 28.5. The molecule has 2 aromatic heterocycles. The Morgan fingerprint density at radius 3 is 1.97 bits per heavy atom. The fourth-order valence-electron chi connectivity index (χ4n) is 3.52. The average Bonchev–Trinajstić information content (AvgIpc) is 3.28. The third-order valence-corrected chi connectivity index (χ3v) is 5.36. The van der Waals surface area contributed by atoms with E-state index >= 15 is 0 Å². The van der Waals surface area contributed by atoms with Crippen molar-refractivity contribution in [2.24, 2.45) is 0 Å². The molecule has 1 fully saturated rings. The van der Waals surface area contributed by atoms with Crippen LogP contribution in [0.5, 0.6) is 0 Å². The number of nitrogens with one attached hydrogen (secondary N) is 1. The molecule has 1 aromatic carbocycles. The molecule has 14 heteroatoms. The summed E-state index contributed by atoms with van der Waals surface area (Å²) in [5.74, 6) is -3.85. The number of alkyl halides is 6. The number of pyridine rings is 1. The molecule has 38 heavy (non-hydrogen) atoms. The summed E-state index contributed by atoms with van der Waals surface area (Å²) >= 11 is 0. The molecule has 3 N–H and O–H groups in total. The number of carboxylic acid groups (broad SMARTS) is 2.